The number of carbonyl (C=O) groups excluding carboxylic acids is 6. The number of hydrogen-bond donors (Lipinski definition) is 2. The summed E-state index contributed by atoms with van der Waals surface area (Å²) in [6.45, 7) is 8.48. The molecule has 4 aromatic rings. The normalized spacial score (nSPS) is 21.1. The SMILES string of the molecule is CN(C(=O)C1=CC2OC(c3ccccc3)(c3ccccc3)OC2C(OC(=O)c2ccc(C=CC(=O)OC3C(=O)OCC3(C)C)cc2)C1)C(Cc1ccccc1)C(=O)NC(CO)CCC(=O)OC(C)(C)C. The molecule has 3 aliphatic rings. The first-order valence-electron chi connectivity index (χ1n) is 23.3. The molecule has 2 aliphatic heterocycles. The Morgan fingerprint density at radius 1 is 0.857 bits per heavy atom. The van der Waals surface area contributed by atoms with Crippen molar-refractivity contribution in [3.8, 4) is 0 Å². The Morgan fingerprint density at radius 2 is 1.47 bits per heavy atom. The van der Waals surface area contributed by atoms with E-state index in [-0.39, 0.29) is 43.4 Å². The Hall–Kier alpha value is -6.94. The van der Waals surface area contributed by atoms with Crippen molar-refractivity contribution in [2.45, 2.75) is 108 Å². The minimum Gasteiger partial charge on any atom is -0.462 e. The second-order valence-corrected chi connectivity index (χ2v) is 19.4. The number of benzene rings is 4. The van der Waals surface area contributed by atoms with E-state index in [1.165, 1.54) is 36.2 Å². The van der Waals surface area contributed by atoms with Crippen LogP contribution in [0, 0.1) is 5.41 Å². The highest BCUT2D eigenvalue weighted by atomic mass is 16.8. The van der Waals surface area contributed by atoms with Crippen molar-refractivity contribution in [3.05, 3.63) is 161 Å². The van der Waals surface area contributed by atoms with E-state index in [1.807, 2.05) is 91.0 Å². The third-order valence-electron chi connectivity index (χ3n) is 12.3. The molecule has 2 N–H and O–H groups in total. The number of nitrogens with one attached hydrogen (secondary N) is 1. The van der Waals surface area contributed by atoms with Gasteiger partial charge < -0.3 is 43.7 Å². The number of hydrogen-bond acceptors (Lipinski definition) is 13. The molecule has 2 amide bonds. The van der Waals surface area contributed by atoms with Crippen molar-refractivity contribution in [2.75, 3.05) is 20.3 Å². The molecule has 368 valence electrons. The van der Waals surface area contributed by atoms with Gasteiger partial charge in [-0.25, -0.2) is 14.4 Å². The minimum atomic E-state index is -1.47. The predicted molar refractivity (Wildman–Crippen MR) is 256 cm³/mol. The lowest BCUT2D eigenvalue weighted by molar-refractivity contribution is -0.159. The topological polar surface area (TPSA) is 193 Å². The van der Waals surface area contributed by atoms with Gasteiger partial charge in [0, 0.05) is 54.5 Å². The standard InChI is InChI=1S/C55H60N2O13/c1-53(2,3)69-46(60)29-27-41(33-58)56-49(61)42(30-36-16-10-7-11-17-36)57(6)50(62)38-31-43(47-44(32-38)68-55(70-47,39-18-12-8-13-19-39)40-20-14-9-15-21-40)66-51(63)37-25-22-35(23-26-37)24-28-45(59)67-48-52(64)65-34-54(48,4)5/h7-26,28,32,41-44,47-48,58H,27,29-31,33-34H2,1-6H3,(H,56,61). The van der Waals surface area contributed by atoms with E-state index in [0.717, 1.165) is 5.56 Å². The number of aliphatic hydroxyl groups is 1. The molecular formula is C55H60N2O13. The molecule has 15 nitrogen and oxygen atoms in total. The van der Waals surface area contributed by atoms with Gasteiger partial charge in [0.15, 0.2) is 0 Å². The van der Waals surface area contributed by atoms with Gasteiger partial charge in [0.25, 0.3) is 0 Å². The van der Waals surface area contributed by atoms with Gasteiger partial charge in [-0.15, -0.1) is 0 Å². The zero-order valence-corrected chi connectivity index (χ0v) is 40.2. The fourth-order valence-corrected chi connectivity index (χ4v) is 8.57. The van der Waals surface area contributed by atoms with Crippen LogP contribution in [-0.4, -0.2) is 108 Å². The maximum Gasteiger partial charge on any atom is 0.348 e. The van der Waals surface area contributed by atoms with E-state index >= 15 is 0 Å². The monoisotopic (exact) mass is 956 g/mol. The highest BCUT2D eigenvalue weighted by molar-refractivity contribution is 5.98. The summed E-state index contributed by atoms with van der Waals surface area (Å²) in [5, 5.41) is 13.1. The summed E-state index contributed by atoms with van der Waals surface area (Å²) in [6, 6.07) is 32.2. The fraction of sp³-hybridized carbons (Fsp3) is 0.382. The van der Waals surface area contributed by atoms with Crippen LogP contribution in [0.2, 0.25) is 0 Å². The molecule has 0 radical (unpaired) electrons. The quantitative estimate of drug-likeness (QED) is 0.0672. The second kappa shape index (κ2) is 21.8. The molecule has 15 heteroatoms. The Labute approximate surface area is 407 Å². The maximum absolute atomic E-state index is 14.9. The van der Waals surface area contributed by atoms with Crippen molar-refractivity contribution in [1.29, 1.82) is 0 Å². The first kappa shape index (κ1) is 50.9. The highest BCUT2D eigenvalue weighted by Crippen LogP contribution is 2.47. The summed E-state index contributed by atoms with van der Waals surface area (Å²) in [4.78, 5) is 81.9. The number of rotatable bonds is 17. The summed E-state index contributed by atoms with van der Waals surface area (Å²) in [5.41, 5.74) is 1.67. The Bertz CT molecular complexity index is 2530. The van der Waals surface area contributed by atoms with Gasteiger partial charge in [-0.1, -0.05) is 117 Å². The summed E-state index contributed by atoms with van der Waals surface area (Å²) in [7, 11) is 1.52. The van der Waals surface area contributed by atoms with Gasteiger partial charge in [-0.2, -0.15) is 0 Å². The summed E-state index contributed by atoms with van der Waals surface area (Å²) in [6.07, 6.45) is 0.471. The van der Waals surface area contributed by atoms with Crippen molar-refractivity contribution < 1.29 is 62.3 Å². The van der Waals surface area contributed by atoms with Crippen molar-refractivity contribution in [3.63, 3.8) is 0 Å². The number of nitrogens with zero attached hydrogens (tertiary/aromatic N) is 1. The molecule has 1 aliphatic carbocycles. The predicted octanol–water partition coefficient (Wildman–Crippen LogP) is 6.40. The fourth-order valence-electron chi connectivity index (χ4n) is 8.57. The molecule has 6 atom stereocenters. The molecule has 0 spiro atoms. The van der Waals surface area contributed by atoms with E-state index in [0.29, 0.717) is 16.7 Å². The number of ether oxygens (including phenoxy) is 6. The molecule has 4 aromatic carbocycles. The number of likely N-dealkylation sites (N-methyl/N-ethyl adjacent to an activating group) is 1. The maximum atomic E-state index is 14.9. The number of carbonyl (C=O) groups is 6. The zero-order valence-electron chi connectivity index (χ0n) is 40.2. The van der Waals surface area contributed by atoms with E-state index in [1.54, 1.807) is 52.8 Å². The van der Waals surface area contributed by atoms with Gasteiger partial charge in [0.2, 0.25) is 23.7 Å². The Kier molecular flexibility index (Phi) is 15.8. The summed E-state index contributed by atoms with van der Waals surface area (Å²) < 4.78 is 35.9. The lowest BCUT2D eigenvalue weighted by atomic mass is 9.90. The summed E-state index contributed by atoms with van der Waals surface area (Å²) >= 11 is 0. The van der Waals surface area contributed by atoms with Gasteiger partial charge in [0.1, 0.15) is 36.6 Å². The molecule has 6 unspecified atom stereocenters. The zero-order chi connectivity index (χ0) is 50.2. The van der Waals surface area contributed by atoms with Crippen LogP contribution < -0.4 is 5.32 Å². The van der Waals surface area contributed by atoms with Crippen LogP contribution in [0.3, 0.4) is 0 Å². The summed E-state index contributed by atoms with van der Waals surface area (Å²) in [5.74, 6) is -5.08. The van der Waals surface area contributed by atoms with E-state index < -0.39 is 95.6 Å². The van der Waals surface area contributed by atoms with Crippen molar-refractivity contribution in [1.82, 2.24) is 10.2 Å². The van der Waals surface area contributed by atoms with Crippen LogP contribution in [0.1, 0.15) is 86.5 Å². The van der Waals surface area contributed by atoms with Crippen LogP contribution in [0.5, 0.6) is 0 Å². The third kappa shape index (κ3) is 12.3. The molecular weight excluding hydrogens is 897 g/mol. The van der Waals surface area contributed by atoms with Gasteiger partial charge in [-0.05, 0) is 62.6 Å². The average molecular weight is 957 g/mol. The van der Waals surface area contributed by atoms with Gasteiger partial charge in [-0.3, -0.25) is 14.4 Å². The lowest BCUT2D eigenvalue weighted by Crippen LogP contribution is -2.53. The van der Waals surface area contributed by atoms with E-state index in [2.05, 4.69) is 5.32 Å². The Balaban J connectivity index is 1.15. The Morgan fingerprint density at radius 3 is 2.04 bits per heavy atom. The molecule has 2 fully saturated rings. The number of fused-ring (bicyclic) bond motifs is 1. The first-order valence-corrected chi connectivity index (χ1v) is 23.3. The second-order valence-electron chi connectivity index (χ2n) is 19.4. The smallest absolute Gasteiger partial charge is 0.348 e. The van der Waals surface area contributed by atoms with E-state index in [4.69, 9.17) is 28.4 Å². The molecule has 0 bridgehead atoms. The molecule has 0 aromatic heterocycles. The molecule has 70 heavy (non-hydrogen) atoms. The molecule has 0 saturated carbocycles. The third-order valence-corrected chi connectivity index (χ3v) is 12.3. The lowest BCUT2D eigenvalue weighted by Gasteiger charge is -2.34. The first-order chi connectivity index (χ1) is 33.4. The average Bonchev–Trinajstić information content (AvgIpc) is 3.87. The van der Waals surface area contributed by atoms with Gasteiger partial charge in [0.05, 0.1) is 18.2 Å². The van der Waals surface area contributed by atoms with Crippen LogP contribution in [-0.2, 0) is 64.6 Å². The molecule has 2 saturated heterocycles. The van der Waals surface area contributed by atoms with E-state index in [9.17, 15) is 33.9 Å². The number of amides is 2. The van der Waals surface area contributed by atoms with Crippen molar-refractivity contribution >= 4 is 41.8 Å². The molecule has 2 heterocycles. The number of esters is 4. The molecule has 7 rings (SSSR count). The largest absolute Gasteiger partial charge is 0.462 e. The number of aliphatic hydroxyl groups excluding tert-OH is 1. The van der Waals surface area contributed by atoms with Crippen LogP contribution in [0.15, 0.2) is 133 Å². The minimum absolute atomic E-state index is 0.0523. The van der Waals surface area contributed by atoms with Gasteiger partial charge >= 0.3 is 23.9 Å². The van der Waals surface area contributed by atoms with Crippen LogP contribution in [0.25, 0.3) is 6.08 Å². The highest BCUT2D eigenvalue weighted by Gasteiger charge is 2.55. The van der Waals surface area contributed by atoms with Crippen LogP contribution in [0.4, 0.5) is 0 Å². The van der Waals surface area contributed by atoms with Crippen molar-refractivity contribution in [2.24, 2.45) is 5.41 Å². The number of cyclic esters (lactones) is 1. The van der Waals surface area contributed by atoms with Crippen LogP contribution >= 0.6 is 0 Å².